The van der Waals surface area contributed by atoms with E-state index in [-0.39, 0.29) is 5.43 Å². The molecular weight excluding hydrogens is 342 g/mol. The SMILES string of the molecule is COc1cc2oc(-c3ccc(N4CCCCC4)cc3)cc(=O)c2cc1OC. The molecule has 140 valence electrons. The summed E-state index contributed by atoms with van der Waals surface area (Å²) < 4.78 is 16.6. The van der Waals surface area contributed by atoms with Crippen LogP contribution in [0, 0.1) is 0 Å². The molecule has 5 nitrogen and oxygen atoms in total. The third-order valence-corrected chi connectivity index (χ3v) is 5.11. The number of anilines is 1. The second-order valence-corrected chi connectivity index (χ2v) is 6.77. The standard InChI is InChI=1S/C22H23NO4/c1-25-21-12-17-18(24)13-19(27-20(17)14-22(21)26-2)15-6-8-16(9-7-15)23-10-4-3-5-11-23/h6-9,12-14H,3-5,10-11H2,1-2H3. The molecule has 1 fully saturated rings. The van der Waals surface area contributed by atoms with Crippen LogP contribution in [0.1, 0.15) is 19.3 Å². The predicted octanol–water partition coefficient (Wildman–Crippen LogP) is 4.47. The van der Waals surface area contributed by atoms with Crippen LogP contribution < -0.4 is 19.8 Å². The van der Waals surface area contributed by atoms with E-state index in [0.717, 1.165) is 18.7 Å². The van der Waals surface area contributed by atoms with E-state index in [9.17, 15) is 4.79 Å². The molecule has 0 unspecified atom stereocenters. The first-order chi connectivity index (χ1) is 13.2. The van der Waals surface area contributed by atoms with E-state index >= 15 is 0 Å². The first-order valence-corrected chi connectivity index (χ1v) is 9.25. The lowest BCUT2D eigenvalue weighted by Gasteiger charge is -2.28. The van der Waals surface area contributed by atoms with Crippen molar-refractivity contribution in [3.8, 4) is 22.8 Å². The Morgan fingerprint density at radius 3 is 2.22 bits per heavy atom. The van der Waals surface area contributed by atoms with Crippen molar-refractivity contribution in [1.29, 1.82) is 0 Å². The molecule has 0 amide bonds. The zero-order chi connectivity index (χ0) is 18.8. The van der Waals surface area contributed by atoms with E-state index in [2.05, 4.69) is 17.0 Å². The average molecular weight is 365 g/mol. The van der Waals surface area contributed by atoms with Crippen LogP contribution in [0.5, 0.6) is 11.5 Å². The second-order valence-electron chi connectivity index (χ2n) is 6.77. The van der Waals surface area contributed by atoms with Gasteiger partial charge in [0.2, 0.25) is 0 Å². The van der Waals surface area contributed by atoms with Crippen molar-refractivity contribution in [1.82, 2.24) is 0 Å². The Bertz CT molecular complexity index is 1000. The molecule has 2 aromatic carbocycles. The minimum absolute atomic E-state index is 0.104. The largest absolute Gasteiger partial charge is 0.493 e. The summed E-state index contributed by atoms with van der Waals surface area (Å²) in [5, 5.41) is 0.473. The summed E-state index contributed by atoms with van der Waals surface area (Å²) >= 11 is 0. The van der Waals surface area contributed by atoms with Crippen LogP contribution >= 0.6 is 0 Å². The fraction of sp³-hybridized carbons (Fsp3) is 0.318. The summed E-state index contributed by atoms with van der Waals surface area (Å²) in [5.74, 6) is 1.59. The number of benzene rings is 2. The number of ether oxygens (including phenoxy) is 2. The molecule has 0 radical (unpaired) electrons. The minimum atomic E-state index is -0.104. The Morgan fingerprint density at radius 1 is 0.889 bits per heavy atom. The van der Waals surface area contributed by atoms with Gasteiger partial charge in [-0.1, -0.05) is 0 Å². The smallest absolute Gasteiger partial charge is 0.193 e. The highest BCUT2D eigenvalue weighted by Crippen LogP contribution is 2.33. The highest BCUT2D eigenvalue weighted by molar-refractivity contribution is 5.82. The topological polar surface area (TPSA) is 51.9 Å². The van der Waals surface area contributed by atoms with Crippen molar-refractivity contribution in [2.24, 2.45) is 0 Å². The van der Waals surface area contributed by atoms with Gasteiger partial charge in [0.15, 0.2) is 16.9 Å². The lowest BCUT2D eigenvalue weighted by Crippen LogP contribution is -2.29. The summed E-state index contributed by atoms with van der Waals surface area (Å²) in [5.41, 5.74) is 2.47. The minimum Gasteiger partial charge on any atom is -0.493 e. The van der Waals surface area contributed by atoms with Crippen LogP contribution in [0.15, 0.2) is 51.7 Å². The van der Waals surface area contributed by atoms with Crippen molar-refractivity contribution < 1.29 is 13.9 Å². The molecule has 1 aliphatic heterocycles. The maximum atomic E-state index is 12.6. The molecule has 1 aliphatic rings. The highest BCUT2D eigenvalue weighted by atomic mass is 16.5. The molecule has 1 saturated heterocycles. The zero-order valence-electron chi connectivity index (χ0n) is 15.7. The van der Waals surface area contributed by atoms with Crippen molar-refractivity contribution in [2.45, 2.75) is 19.3 Å². The van der Waals surface area contributed by atoms with Crippen LogP contribution in [-0.2, 0) is 0 Å². The zero-order valence-corrected chi connectivity index (χ0v) is 15.7. The van der Waals surface area contributed by atoms with Crippen molar-refractivity contribution in [3.63, 3.8) is 0 Å². The normalized spacial score (nSPS) is 14.4. The molecule has 0 spiro atoms. The Kier molecular flexibility index (Phi) is 4.75. The molecule has 3 aromatic rings. The Hall–Kier alpha value is -2.95. The molecule has 1 aromatic heterocycles. The third-order valence-electron chi connectivity index (χ3n) is 5.11. The maximum Gasteiger partial charge on any atom is 0.193 e. The molecule has 0 saturated carbocycles. The van der Waals surface area contributed by atoms with E-state index in [1.807, 2.05) is 12.1 Å². The molecule has 0 N–H and O–H groups in total. The van der Waals surface area contributed by atoms with Gasteiger partial charge in [-0.15, -0.1) is 0 Å². The Balaban J connectivity index is 1.72. The van der Waals surface area contributed by atoms with Gasteiger partial charge in [-0.05, 0) is 49.6 Å². The van der Waals surface area contributed by atoms with Gasteiger partial charge in [0, 0.05) is 36.5 Å². The Morgan fingerprint density at radius 2 is 1.56 bits per heavy atom. The Labute approximate surface area is 158 Å². The first kappa shape index (κ1) is 17.5. The first-order valence-electron chi connectivity index (χ1n) is 9.25. The second kappa shape index (κ2) is 7.35. The van der Waals surface area contributed by atoms with E-state index in [1.54, 1.807) is 26.4 Å². The molecule has 2 heterocycles. The maximum absolute atomic E-state index is 12.6. The third kappa shape index (κ3) is 3.37. The van der Waals surface area contributed by atoms with Gasteiger partial charge >= 0.3 is 0 Å². The monoisotopic (exact) mass is 365 g/mol. The number of hydrogen-bond donors (Lipinski definition) is 0. The van der Waals surface area contributed by atoms with Crippen LogP contribution in [0.25, 0.3) is 22.3 Å². The highest BCUT2D eigenvalue weighted by Gasteiger charge is 2.14. The molecule has 0 aliphatic carbocycles. The molecule has 0 atom stereocenters. The average Bonchev–Trinajstić information content (AvgIpc) is 2.73. The number of rotatable bonds is 4. The fourth-order valence-electron chi connectivity index (χ4n) is 3.61. The van der Waals surface area contributed by atoms with Crippen molar-refractivity contribution in [3.05, 3.63) is 52.7 Å². The van der Waals surface area contributed by atoms with Gasteiger partial charge in [-0.2, -0.15) is 0 Å². The molecule has 4 rings (SSSR count). The summed E-state index contributed by atoms with van der Waals surface area (Å²) in [6.45, 7) is 2.21. The summed E-state index contributed by atoms with van der Waals surface area (Å²) in [6.07, 6.45) is 3.80. The van der Waals surface area contributed by atoms with Gasteiger partial charge in [-0.25, -0.2) is 0 Å². The van der Waals surface area contributed by atoms with E-state index in [1.165, 1.54) is 31.0 Å². The van der Waals surface area contributed by atoms with Gasteiger partial charge in [0.25, 0.3) is 0 Å². The van der Waals surface area contributed by atoms with Gasteiger partial charge in [-0.3, -0.25) is 4.79 Å². The molecular formula is C22H23NO4. The lowest BCUT2D eigenvalue weighted by atomic mass is 10.1. The van der Waals surface area contributed by atoms with Gasteiger partial charge < -0.3 is 18.8 Å². The van der Waals surface area contributed by atoms with E-state index < -0.39 is 0 Å². The predicted molar refractivity (Wildman–Crippen MR) is 107 cm³/mol. The molecule has 27 heavy (non-hydrogen) atoms. The number of nitrogens with zero attached hydrogens (tertiary/aromatic N) is 1. The van der Waals surface area contributed by atoms with Crippen LogP contribution in [-0.4, -0.2) is 27.3 Å². The summed E-state index contributed by atoms with van der Waals surface area (Å²) in [6, 6.07) is 13.1. The van der Waals surface area contributed by atoms with Gasteiger partial charge in [0.05, 0.1) is 19.6 Å². The molecule has 0 bridgehead atoms. The molecule has 5 heteroatoms. The number of methoxy groups -OCH3 is 2. The summed E-state index contributed by atoms with van der Waals surface area (Å²) in [4.78, 5) is 15.0. The van der Waals surface area contributed by atoms with Crippen LogP contribution in [0.2, 0.25) is 0 Å². The van der Waals surface area contributed by atoms with Crippen molar-refractivity contribution >= 4 is 16.7 Å². The quantitative estimate of drug-likeness (QED) is 0.683. The van der Waals surface area contributed by atoms with Crippen molar-refractivity contribution in [2.75, 3.05) is 32.2 Å². The van der Waals surface area contributed by atoms with Crippen LogP contribution in [0.4, 0.5) is 5.69 Å². The fourth-order valence-corrected chi connectivity index (χ4v) is 3.61. The number of hydrogen-bond acceptors (Lipinski definition) is 5. The number of fused-ring (bicyclic) bond motifs is 1. The van der Waals surface area contributed by atoms with Crippen LogP contribution in [0.3, 0.4) is 0 Å². The van der Waals surface area contributed by atoms with Gasteiger partial charge in [0.1, 0.15) is 11.3 Å². The number of piperidine rings is 1. The van der Waals surface area contributed by atoms with E-state index in [4.69, 9.17) is 13.9 Å². The van der Waals surface area contributed by atoms with E-state index in [0.29, 0.717) is 28.2 Å². The lowest BCUT2D eigenvalue weighted by molar-refractivity contribution is 0.355. The summed E-state index contributed by atoms with van der Waals surface area (Å²) in [7, 11) is 3.11.